The van der Waals surface area contributed by atoms with Crippen molar-refractivity contribution in [3.05, 3.63) is 18.0 Å². The Labute approximate surface area is 99.3 Å². The summed E-state index contributed by atoms with van der Waals surface area (Å²) in [7, 11) is 0. The van der Waals surface area contributed by atoms with Crippen molar-refractivity contribution < 1.29 is 15.0 Å². The van der Waals surface area contributed by atoms with Crippen molar-refractivity contribution in [2.45, 2.75) is 44.6 Å². The molecule has 1 amide bonds. The second-order valence-electron chi connectivity index (χ2n) is 4.52. The summed E-state index contributed by atoms with van der Waals surface area (Å²) in [6, 6.07) is -0.353. The molecular formula is C11H17N3O3. The number of carbonyl (C=O) groups is 1. The van der Waals surface area contributed by atoms with Gasteiger partial charge in [-0.3, -0.25) is 9.48 Å². The Morgan fingerprint density at radius 2 is 2.35 bits per heavy atom. The fraction of sp³-hybridized carbons (Fsp3) is 0.636. The van der Waals surface area contributed by atoms with Gasteiger partial charge in [0.1, 0.15) is 6.54 Å². The van der Waals surface area contributed by atoms with Gasteiger partial charge in [-0.05, 0) is 25.3 Å². The van der Waals surface area contributed by atoms with Crippen molar-refractivity contribution >= 4 is 5.91 Å². The van der Waals surface area contributed by atoms with E-state index >= 15 is 0 Å². The van der Waals surface area contributed by atoms with Gasteiger partial charge in [-0.15, -0.1) is 0 Å². The second-order valence-corrected chi connectivity index (χ2v) is 4.52. The Morgan fingerprint density at radius 3 is 2.88 bits per heavy atom. The maximum absolute atomic E-state index is 11.7. The van der Waals surface area contributed by atoms with Crippen molar-refractivity contribution in [3.8, 4) is 0 Å². The second kappa shape index (κ2) is 4.85. The Morgan fingerprint density at radius 1 is 1.59 bits per heavy atom. The lowest BCUT2D eigenvalue weighted by atomic mass is 10.2. The lowest BCUT2D eigenvalue weighted by molar-refractivity contribution is -0.123. The van der Waals surface area contributed by atoms with Crippen LogP contribution in [-0.2, 0) is 11.3 Å². The van der Waals surface area contributed by atoms with Gasteiger partial charge in [-0.25, -0.2) is 0 Å². The van der Waals surface area contributed by atoms with E-state index in [1.54, 1.807) is 17.1 Å². The van der Waals surface area contributed by atoms with Crippen molar-refractivity contribution in [1.82, 2.24) is 15.1 Å². The standard InChI is InChI=1S/C11H17N3O3/c1-7-4-12-14(5-7)6-10(16)13-8-2-3-9(15)11(8)17/h4-5,8-9,11,15,17H,2-3,6H2,1H3,(H,13,16)/t8-,9-,11-/m1/s1. The smallest absolute Gasteiger partial charge is 0.242 e. The van der Waals surface area contributed by atoms with Gasteiger partial charge in [-0.1, -0.05) is 0 Å². The van der Waals surface area contributed by atoms with Gasteiger partial charge in [0.15, 0.2) is 0 Å². The maximum atomic E-state index is 11.7. The molecule has 1 saturated carbocycles. The summed E-state index contributed by atoms with van der Waals surface area (Å²) >= 11 is 0. The van der Waals surface area contributed by atoms with Crippen molar-refractivity contribution in [2.24, 2.45) is 0 Å². The average molecular weight is 239 g/mol. The van der Waals surface area contributed by atoms with Gasteiger partial charge in [0.25, 0.3) is 0 Å². The minimum Gasteiger partial charge on any atom is -0.390 e. The molecule has 1 aromatic heterocycles. The molecule has 2 rings (SSSR count). The maximum Gasteiger partial charge on any atom is 0.242 e. The predicted molar refractivity (Wildman–Crippen MR) is 60.1 cm³/mol. The molecule has 0 saturated heterocycles. The van der Waals surface area contributed by atoms with E-state index in [9.17, 15) is 15.0 Å². The average Bonchev–Trinajstić information content (AvgIpc) is 2.79. The van der Waals surface area contributed by atoms with E-state index in [0.29, 0.717) is 12.8 Å². The summed E-state index contributed by atoms with van der Waals surface area (Å²) in [5.74, 6) is -0.203. The zero-order valence-corrected chi connectivity index (χ0v) is 9.71. The lowest BCUT2D eigenvalue weighted by Crippen LogP contribution is -2.44. The Hall–Kier alpha value is -1.40. The van der Waals surface area contributed by atoms with Crippen LogP contribution < -0.4 is 5.32 Å². The van der Waals surface area contributed by atoms with E-state index in [1.807, 2.05) is 6.92 Å². The number of hydrogen-bond donors (Lipinski definition) is 3. The molecule has 0 radical (unpaired) electrons. The largest absolute Gasteiger partial charge is 0.390 e. The normalized spacial score (nSPS) is 28.3. The van der Waals surface area contributed by atoms with Crippen LogP contribution in [0, 0.1) is 6.92 Å². The van der Waals surface area contributed by atoms with Crippen LogP contribution in [0.1, 0.15) is 18.4 Å². The number of carbonyl (C=O) groups excluding carboxylic acids is 1. The molecule has 0 aromatic carbocycles. The molecule has 3 N–H and O–H groups in total. The monoisotopic (exact) mass is 239 g/mol. The number of rotatable bonds is 3. The van der Waals surface area contributed by atoms with Gasteiger partial charge in [0.05, 0.1) is 24.4 Å². The minimum atomic E-state index is -0.863. The number of aliphatic hydroxyl groups excluding tert-OH is 2. The summed E-state index contributed by atoms with van der Waals surface area (Å²) in [5.41, 5.74) is 0.995. The molecule has 0 spiro atoms. The fourth-order valence-electron chi connectivity index (χ4n) is 2.07. The highest BCUT2D eigenvalue weighted by molar-refractivity contribution is 5.76. The third-order valence-electron chi connectivity index (χ3n) is 2.99. The van der Waals surface area contributed by atoms with Gasteiger partial charge < -0.3 is 15.5 Å². The third kappa shape index (κ3) is 2.83. The first kappa shape index (κ1) is 12.1. The molecule has 94 valence electrons. The van der Waals surface area contributed by atoms with Crippen LogP contribution in [0.25, 0.3) is 0 Å². The molecule has 0 unspecified atom stereocenters. The number of hydrogen-bond acceptors (Lipinski definition) is 4. The van der Waals surface area contributed by atoms with E-state index in [-0.39, 0.29) is 18.5 Å². The first-order valence-electron chi connectivity index (χ1n) is 5.71. The number of aryl methyl sites for hydroxylation is 1. The molecule has 6 heteroatoms. The topological polar surface area (TPSA) is 87.4 Å². The molecule has 1 aliphatic carbocycles. The summed E-state index contributed by atoms with van der Waals surface area (Å²) in [5, 5.41) is 25.7. The molecule has 0 bridgehead atoms. The summed E-state index contributed by atoms with van der Waals surface area (Å²) in [6.45, 7) is 2.03. The third-order valence-corrected chi connectivity index (χ3v) is 2.99. The summed E-state index contributed by atoms with van der Waals surface area (Å²) in [6.07, 6.45) is 2.99. The Bertz CT molecular complexity index is 404. The zero-order chi connectivity index (χ0) is 12.4. The lowest BCUT2D eigenvalue weighted by Gasteiger charge is -2.17. The van der Waals surface area contributed by atoms with Crippen LogP contribution in [0.15, 0.2) is 12.4 Å². The van der Waals surface area contributed by atoms with E-state index in [2.05, 4.69) is 10.4 Å². The van der Waals surface area contributed by atoms with E-state index in [1.165, 1.54) is 0 Å². The highest BCUT2D eigenvalue weighted by Gasteiger charge is 2.34. The van der Waals surface area contributed by atoms with E-state index in [4.69, 9.17) is 0 Å². The quantitative estimate of drug-likeness (QED) is 0.644. The zero-order valence-electron chi connectivity index (χ0n) is 9.71. The van der Waals surface area contributed by atoms with Crippen LogP contribution in [0.4, 0.5) is 0 Å². The fourth-order valence-corrected chi connectivity index (χ4v) is 2.07. The highest BCUT2D eigenvalue weighted by atomic mass is 16.3. The Balaban J connectivity index is 1.85. The summed E-state index contributed by atoms with van der Waals surface area (Å²) in [4.78, 5) is 11.7. The Kier molecular flexibility index (Phi) is 3.44. The minimum absolute atomic E-state index is 0.132. The molecular weight excluding hydrogens is 222 g/mol. The van der Waals surface area contributed by atoms with Gasteiger partial charge >= 0.3 is 0 Å². The molecule has 0 aliphatic heterocycles. The first-order valence-corrected chi connectivity index (χ1v) is 5.71. The number of amides is 1. The predicted octanol–water partition coefficient (Wildman–Crippen LogP) is -0.808. The molecule has 17 heavy (non-hydrogen) atoms. The molecule has 3 atom stereocenters. The van der Waals surface area contributed by atoms with Crippen molar-refractivity contribution in [2.75, 3.05) is 0 Å². The van der Waals surface area contributed by atoms with Crippen molar-refractivity contribution in [1.29, 1.82) is 0 Å². The van der Waals surface area contributed by atoms with Gasteiger partial charge in [0.2, 0.25) is 5.91 Å². The van der Waals surface area contributed by atoms with Crippen LogP contribution >= 0.6 is 0 Å². The highest BCUT2D eigenvalue weighted by Crippen LogP contribution is 2.19. The molecule has 1 fully saturated rings. The van der Waals surface area contributed by atoms with Crippen LogP contribution in [-0.4, -0.2) is 44.2 Å². The van der Waals surface area contributed by atoms with Crippen LogP contribution in [0.3, 0.4) is 0 Å². The molecule has 6 nitrogen and oxygen atoms in total. The van der Waals surface area contributed by atoms with Crippen molar-refractivity contribution in [3.63, 3.8) is 0 Å². The number of nitrogens with zero attached hydrogens (tertiary/aromatic N) is 2. The van der Waals surface area contributed by atoms with Gasteiger partial charge in [-0.2, -0.15) is 5.10 Å². The molecule has 1 aliphatic rings. The van der Waals surface area contributed by atoms with Crippen LogP contribution in [0.2, 0.25) is 0 Å². The first-order chi connectivity index (χ1) is 8.06. The van der Waals surface area contributed by atoms with E-state index < -0.39 is 12.2 Å². The van der Waals surface area contributed by atoms with Crippen LogP contribution in [0.5, 0.6) is 0 Å². The number of aliphatic hydroxyl groups is 2. The molecule has 1 heterocycles. The number of aromatic nitrogens is 2. The van der Waals surface area contributed by atoms with Gasteiger partial charge in [0, 0.05) is 6.20 Å². The van der Waals surface area contributed by atoms with E-state index in [0.717, 1.165) is 5.56 Å². The summed E-state index contributed by atoms with van der Waals surface area (Å²) < 4.78 is 1.54. The molecule has 1 aromatic rings. The number of nitrogens with one attached hydrogen (secondary N) is 1. The SMILES string of the molecule is Cc1cnn(CC(=O)N[C@@H]2CC[C@@H](O)[C@@H]2O)c1.